The number of aryl methyl sites for hydroxylation is 4. The van der Waals surface area contributed by atoms with E-state index in [1.807, 2.05) is 0 Å². The second kappa shape index (κ2) is 31.9. The summed E-state index contributed by atoms with van der Waals surface area (Å²) in [4.78, 5) is 0. The Bertz CT molecular complexity index is 1130. The first-order chi connectivity index (χ1) is 23.8. The Balaban J connectivity index is 0.00000210. The van der Waals surface area contributed by atoms with Crippen molar-refractivity contribution in [1.82, 2.24) is 9.13 Å². The molecular formula is C38H74N4O6S2. The quantitative estimate of drug-likeness (QED) is 0.0468. The number of imidazole rings is 2. The molecule has 2 aromatic heterocycles. The van der Waals surface area contributed by atoms with Crippen molar-refractivity contribution in [2.45, 2.75) is 194 Å². The van der Waals surface area contributed by atoms with Gasteiger partial charge in [-0.05, 0) is 51.4 Å². The molecule has 0 N–H and O–H groups in total. The van der Waals surface area contributed by atoms with E-state index in [2.05, 4.69) is 69.6 Å². The van der Waals surface area contributed by atoms with E-state index in [1.165, 1.54) is 180 Å². The van der Waals surface area contributed by atoms with Crippen LogP contribution in [0.4, 0.5) is 0 Å². The summed E-state index contributed by atoms with van der Waals surface area (Å²) in [5, 5.41) is 0. The van der Waals surface area contributed by atoms with E-state index >= 15 is 0 Å². The van der Waals surface area contributed by atoms with Crippen LogP contribution in [0.1, 0.15) is 168 Å². The molecule has 0 aliphatic carbocycles. The van der Waals surface area contributed by atoms with E-state index in [4.69, 9.17) is 25.9 Å². The van der Waals surface area contributed by atoms with Gasteiger partial charge in [0.05, 0.1) is 46.4 Å². The van der Waals surface area contributed by atoms with E-state index in [-0.39, 0.29) is 0 Å². The zero-order valence-electron chi connectivity index (χ0n) is 32.3. The van der Waals surface area contributed by atoms with Gasteiger partial charge in [0.1, 0.15) is 24.8 Å². The topological polar surface area (TPSA) is 132 Å². The Kier molecular flexibility index (Phi) is 30.8. The molecule has 0 aromatic carbocycles. The van der Waals surface area contributed by atoms with Crippen molar-refractivity contribution >= 4 is 20.2 Å². The molecule has 0 atom stereocenters. The summed E-state index contributed by atoms with van der Waals surface area (Å²) in [6.45, 7) is 9.32. The normalized spacial score (nSPS) is 11.6. The third kappa shape index (κ3) is 39.0. The molecule has 50 heavy (non-hydrogen) atoms. The maximum absolute atomic E-state index is 9.08. The molecule has 0 spiro atoms. The lowest BCUT2D eigenvalue weighted by molar-refractivity contribution is -0.697. The standard InChI is InChI=1S/C36H68N4.2CH4O3S/c1-3-5-7-19-23-27-37-31-33-39(35-37)29-25-21-17-15-13-11-9-10-12-14-16-18-22-26-30-40-34-32-38(36-40)28-24-20-8-6-4-2;2*1-5(2,3)4/h31-36H,3-30H2,1-2H3;2*1H3,(H,2,3,4)/q+2;;/p-2. The smallest absolute Gasteiger partial charge is 0.243 e. The van der Waals surface area contributed by atoms with Gasteiger partial charge in [-0.2, -0.15) is 0 Å². The van der Waals surface area contributed by atoms with Gasteiger partial charge in [-0.3, -0.25) is 0 Å². The van der Waals surface area contributed by atoms with E-state index in [9.17, 15) is 0 Å². The van der Waals surface area contributed by atoms with Gasteiger partial charge in [0, 0.05) is 12.5 Å². The van der Waals surface area contributed by atoms with Gasteiger partial charge in [0.15, 0.2) is 0 Å². The lowest BCUT2D eigenvalue weighted by atomic mass is 10.0. The fourth-order valence-electron chi connectivity index (χ4n) is 5.91. The molecule has 10 nitrogen and oxygen atoms in total. The van der Waals surface area contributed by atoms with E-state index in [0.717, 1.165) is 0 Å². The Morgan fingerprint density at radius 2 is 0.680 bits per heavy atom. The minimum atomic E-state index is -3.92. The van der Waals surface area contributed by atoms with Crippen LogP contribution in [0.3, 0.4) is 0 Å². The summed E-state index contributed by atoms with van der Waals surface area (Å²) < 4.78 is 64.0. The van der Waals surface area contributed by atoms with Crippen LogP contribution < -0.4 is 9.13 Å². The van der Waals surface area contributed by atoms with Gasteiger partial charge in [0.25, 0.3) is 0 Å². The molecule has 2 heterocycles. The summed E-state index contributed by atoms with van der Waals surface area (Å²) in [7, 11) is -7.83. The van der Waals surface area contributed by atoms with Crippen LogP contribution in [-0.4, -0.2) is 47.6 Å². The zero-order valence-corrected chi connectivity index (χ0v) is 34.0. The van der Waals surface area contributed by atoms with Gasteiger partial charge in [0.2, 0.25) is 12.7 Å². The number of hydrogen-bond acceptors (Lipinski definition) is 6. The lowest BCUT2D eigenvalue weighted by Crippen LogP contribution is -2.30. The van der Waals surface area contributed by atoms with Crippen molar-refractivity contribution in [3.8, 4) is 0 Å². The largest absolute Gasteiger partial charge is 0.748 e. The van der Waals surface area contributed by atoms with Crippen molar-refractivity contribution in [1.29, 1.82) is 0 Å². The third-order valence-electron chi connectivity index (χ3n) is 8.61. The molecule has 0 aliphatic rings. The maximum Gasteiger partial charge on any atom is 0.243 e. The molecule has 0 saturated carbocycles. The average molecular weight is 747 g/mol. The summed E-state index contributed by atoms with van der Waals surface area (Å²) in [6.07, 6.45) is 48.4. The van der Waals surface area contributed by atoms with Crippen LogP contribution in [0.15, 0.2) is 37.4 Å². The first-order valence-electron chi connectivity index (χ1n) is 19.7. The first-order valence-corrected chi connectivity index (χ1v) is 23.4. The van der Waals surface area contributed by atoms with E-state index in [0.29, 0.717) is 12.5 Å². The summed E-state index contributed by atoms with van der Waals surface area (Å²) in [6, 6.07) is 0. The summed E-state index contributed by atoms with van der Waals surface area (Å²) in [5.74, 6) is 0. The van der Waals surface area contributed by atoms with Crippen molar-refractivity contribution in [2.75, 3.05) is 12.5 Å². The molecule has 0 radical (unpaired) electrons. The predicted octanol–water partition coefficient (Wildman–Crippen LogP) is 8.29. The van der Waals surface area contributed by atoms with Crippen LogP contribution in [0.25, 0.3) is 0 Å². The Morgan fingerprint density at radius 3 is 0.960 bits per heavy atom. The molecule has 0 fully saturated rings. The fraction of sp³-hybridized carbons (Fsp3) is 0.842. The van der Waals surface area contributed by atoms with Gasteiger partial charge in [-0.15, -0.1) is 0 Å². The van der Waals surface area contributed by atoms with Gasteiger partial charge < -0.3 is 9.11 Å². The van der Waals surface area contributed by atoms with E-state index < -0.39 is 20.2 Å². The highest BCUT2D eigenvalue weighted by Gasteiger charge is 2.05. The van der Waals surface area contributed by atoms with Gasteiger partial charge >= 0.3 is 0 Å². The highest BCUT2D eigenvalue weighted by Crippen LogP contribution is 2.13. The second-order valence-electron chi connectivity index (χ2n) is 14.0. The molecule has 0 unspecified atom stereocenters. The Labute approximate surface area is 307 Å². The van der Waals surface area contributed by atoms with Crippen LogP contribution in [0, 0.1) is 0 Å². The minimum Gasteiger partial charge on any atom is -0.748 e. The lowest BCUT2D eigenvalue weighted by Gasteiger charge is -2.03. The zero-order chi connectivity index (χ0) is 37.4. The van der Waals surface area contributed by atoms with Crippen LogP contribution in [0.5, 0.6) is 0 Å². The Morgan fingerprint density at radius 1 is 0.440 bits per heavy atom. The molecule has 0 bridgehead atoms. The van der Waals surface area contributed by atoms with Crippen LogP contribution >= 0.6 is 0 Å². The minimum absolute atomic E-state index is 0.604. The molecule has 0 amide bonds. The number of unbranched alkanes of at least 4 members (excludes halogenated alkanes) is 21. The van der Waals surface area contributed by atoms with Crippen molar-refractivity contribution < 1.29 is 35.1 Å². The molecule has 2 aromatic rings. The fourth-order valence-corrected chi connectivity index (χ4v) is 5.91. The number of aromatic nitrogens is 4. The molecule has 294 valence electrons. The van der Waals surface area contributed by atoms with Crippen molar-refractivity contribution in [3.05, 3.63) is 37.4 Å². The van der Waals surface area contributed by atoms with Gasteiger partial charge in [-0.25, -0.2) is 35.1 Å². The SMILES string of the molecule is CCCCCCC[n+]1ccn(CCCCCCCCCCCCCCCCn2cc[n+](CCCCCCC)c2)c1.CS(=O)(=O)[O-].CS(=O)(=O)[O-]. The van der Waals surface area contributed by atoms with Crippen LogP contribution in [-0.2, 0) is 46.4 Å². The Hall–Kier alpha value is -1.76. The predicted molar refractivity (Wildman–Crippen MR) is 203 cm³/mol. The number of rotatable bonds is 29. The second-order valence-corrected chi connectivity index (χ2v) is 16.8. The molecule has 2 rings (SSSR count). The molecule has 0 saturated heterocycles. The monoisotopic (exact) mass is 747 g/mol. The number of hydrogen-bond donors (Lipinski definition) is 0. The molecule has 12 heteroatoms. The van der Waals surface area contributed by atoms with E-state index in [1.54, 1.807) is 0 Å². The maximum atomic E-state index is 9.08. The highest BCUT2D eigenvalue weighted by molar-refractivity contribution is 7.85. The number of nitrogens with zero attached hydrogens (tertiary/aromatic N) is 4. The first kappa shape index (κ1) is 48.2. The highest BCUT2D eigenvalue weighted by atomic mass is 32.2. The van der Waals surface area contributed by atoms with Crippen molar-refractivity contribution in [3.63, 3.8) is 0 Å². The van der Waals surface area contributed by atoms with Crippen molar-refractivity contribution in [2.24, 2.45) is 0 Å². The summed E-state index contributed by atoms with van der Waals surface area (Å²) in [5.41, 5.74) is 0. The average Bonchev–Trinajstić information content (AvgIpc) is 3.68. The van der Waals surface area contributed by atoms with Crippen LogP contribution in [0.2, 0.25) is 0 Å². The molecule has 0 aliphatic heterocycles. The third-order valence-corrected chi connectivity index (χ3v) is 8.61. The summed E-state index contributed by atoms with van der Waals surface area (Å²) >= 11 is 0. The molecular weight excluding hydrogens is 673 g/mol. The van der Waals surface area contributed by atoms with Gasteiger partial charge in [-0.1, -0.05) is 117 Å².